The van der Waals surface area contributed by atoms with Crippen LogP contribution in [0.15, 0.2) is 48.5 Å². The second-order valence-electron chi connectivity index (χ2n) is 6.67. The van der Waals surface area contributed by atoms with Crippen molar-refractivity contribution in [3.63, 3.8) is 0 Å². The van der Waals surface area contributed by atoms with E-state index in [-0.39, 0.29) is 17.4 Å². The number of benzene rings is 2. The molecule has 0 spiro atoms. The van der Waals surface area contributed by atoms with Crippen molar-refractivity contribution in [2.24, 2.45) is 11.7 Å². The maximum Gasteiger partial charge on any atom is 0.335 e. The largest absolute Gasteiger partial charge is 0.478 e. The molecule has 0 bridgehead atoms. The van der Waals surface area contributed by atoms with Crippen LogP contribution >= 0.6 is 0 Å². The molecule has 0 radical (unpaired) electrons. The zero-order valence-electron chi connectivity index (χ0n) is 17.8. The molecule has 0 saturated heterocycles. The topological polar surface area (TPSA) is 128 Å². The summed E-state index contributed by atoms with van der Waals surface area (Å²) in [7, 11) is 0. The van der Waals surface area contributed by atoms with Gasteiger partial charge in [-0.25, -0.2) is 10.3 Å². The summed E-state index contributed by atoms with van der Waals surface area (Å²) in [5, 5.41) is 8.77. The Hall–Kier alpha value is -3.78. The summed E-state index contributed by atoms with van der Waals surface area (Å²) >= 11 is 0. The van der Waals surface area contributed by atoms with Crippen LogP contribution in [-0.4, -0.2) is 29.6 Å². The Bertz CT molecular complexity index is 976. The number of hydrogen-bond acceptors (Lipinski definition) is 5. The molecule has 0 aliphatic rings. The summed E-state index contributed by atoms with van der Waals surface area (Å²) in [5.41, 5.74) is 15.8. The van der Waals surface area contributed by atoms with E-state index < -0.39 is 12.0 Å². The zero-order valence-corrected chi connectivity index (χ0v) is 17.8. The number of carbonyl (C=O) groups is 2. The Kier molecular flexibility index (Phi) is 11.0. The molecule has 2 rings (SSSR count). The van der Waals surface area contributed by atoms with Gasteiger partial charge in [-0.15, -0.1) is 0 Å². The molecule has 7 heteroatoms. The Balaban J connectivity index is 0.000000373. The third-order valence-electron chi connectivity index (χ3n) is 3.86. The molecule has 0 unspecified atom stereocenters. The van der Waals surface area contributed by atoms with Gasteiger partial charge in [-0.1, -0.05) is 25.7 Å². The van der Waals surface area contributed by atoms with E-state index in [0.717, 1.165) is 11.1 Å². The molecule has 7 nitrogen and oxygen atoms in total. The Morgan fingerprint density at radius 2 is 1.48 bits per heavy atom. The standard InChI is InChI=1S/C17H11NO2.C7H16N2O2/c18-16-11-7-14(8-12-16)4-2-1-3-13-5-9-15(10-6-13)17(19)20;1-4-11-9-7(10)6(8)5(2)3/h5-12H,18H2,(H,19,20);5-6H,4,8H2,1-3H3,(H,9,10)/t;6-/m.0/s1. The van der Waals surface area contributed by atoms with Crippen molar-refractivity contribution < 1.29 is 19.5 Å². The highest BCUT2D eigenvalue weighted by atomic mass is 16.6. The number of nitrogen functional groups attached to an aromatic ring is 1. The lowest BCUT2D eigenvalue weighted by atomic mass is 10.1. The monoisotopic (exact) mass is 421 g/mol. The van der Waals surface area contributed by atoms with E-state index in [1.165, 1.54) is 12.1 Å². The predicted molar refractivity (Wildman–Crippen MR) is 121 cm³/mol. The molecule has 2 aromatic carbocycles. The highest BCUT2D eigenvalue weighted by Crippen LogP contribution is 2.04. The van der Waals surface area contributed by atoms with Crippen LogP contribution in [-0.2, 0) is 9.63 Å². The minimum absolute atomic E-state index is 0.135. The Labute approximate surface area is 182 Å². The van der Waals surface area contributed by atoms with Gasteiger partial charge in [0.2, 0.25) is 0 Å². The molecule has 0 saturated carbocycles. The van der Waals surface area contributed by atoms with Crippen LogP contribution in [0.1, 0.15) is 42.3 Å². The van der Waals surface area contributed by atoms with Crippen LogP contribution in [0.4, 0.5) is 5.69 Å². The zero-order chi connectivity index (χ0) is 23.2. The molecular weight excluding hydrogens is 394 g/mol. The SMILES string of the molecule is CCONC(=O)[C@@H](N)C(C)C.Nc1ccc(C#CC#Cc2ccc(C(=O)O)cc2)cc1. The molecule has 162 valence electrons. The molecule has 6 N–H and O–H groups in total. The van der Waals surface area contributed by atoms with Crippen LogP contribution in [0.2, 0.25) is 0 Å². The van der Waals surface area contributed by atoms with Crippen molar-refractivity contribution >= 4 is 17.6 Å². The smallest absolute Gasteiger partial charge is 0.335 e. The number of nitrogens with two attached hydrogens (primary N) is 2. The van der Waals surface area contributed by atoms with E-state index >= 15 is 0 Å². The third kappa shape index (κ3) is 10.00. The minimum Gasteiger partial charge on any atom is -0.478 e. The van der Waals surface area contributed by atoms with Crippen LogP contribution in [0.3, 0.4) is 0 Å². The summed E-state index contributed by atoms with van der Waals surface area (Å²) < 4.78 is 0. The highest BCUT2D eigenvalue weighted by Gasteiger charge is 2.16. The number of carboxylic acid groups (broad SMARTS) is 1. The number of amides is 1. The average molecular weight is 421 g/mol. The second-order valence-corrected chi connectivity index (χ2v) is 6.67. The van der Waals surface area contributed by atoms with Gasteiger partial charge >= 0.3 is 5.97 Å². The van der Waals surface area contributed by atoms with Gasteiger partial charge in [-0.2, -0.15) is 0 Å². The van der Waals surface area contributed by atoms with E-state index in [2.05, 4.69) is 34.0 Å². The number of nitrogens with one attached hydrogen (secondary N) is 1. The van der Waals surface area contributed by atoms with Gasteiger partial charge in [0.05, 0.1) is 18.2 Å². The summed E-state index contributed by atoms with van der Waals surface area (Å²) in [5.74, 6) is 10.1. The summed E-state index contributed by atoms with van der Waals surface area (Å²) in [6.45, 7) is 6.02. The molecule has 2 aromatic rings. The second kappa shape index (κ2) is 13.4. The van der Waals surface area contributed by atoms with Gasteiger partial charge in [0.15, 0.2) is 0 Å². The van der Waals surface area contributed by atoms with Crippen LogP contribution in [0, 0.1) is 29.6 Å². The quantitative estimate of drug-likeness (QED) is 0.333. The van der Waals surface area contributed by atoms with E-state index in [9.17, 15) is 9.59 Å². The Morgan fingerprint density at radius 1 is 1.00 bits per heavy atom. The van der Waals surface area contributed by atoms with E-state index in [0.29, 0.717) is 12.3 Å². The lowest BCUT2D eigenvalue weighted by molar-refractivity contribution is -0.135. The first-order valence-electron chi connectivity index (χ1n) is 9.62. The molecule has 0 aliphatic heterocycles. The first kappa shape index (κ1) is 25.3. The predicted octanol–water partition coefficient (Wildman–Crippen LogP) is 2.41. The van der Waals surface area contributed by atoms with Gasteiger partial charge in [-0.05, 0) is 73.2 Å². The van der Waals surface area contributed by atoms with Gasteiger partial charge in [0, 0.05) is 16.8 Å². The average Bonchev–Trinajstić information content (AvgIpc) is 2.76. The number of anilines is 1. The summed E-state index contributed by atoms with van der Waals surface area (Å²) in [6, 6.07) is 13.1. The molecule has 1 atom stereocenters. The van der Waals surface area contributed by atoms with Gasteiger partial charge < -0.3 is 16.6 Å². The molecule has 31 heavy (non-hydrogen) atoms. The molecular formula is C24H27N3O4. The highest BCUT2D eigenvalue weighted by molar-refractivity contribution is 5.87. The lowest BCUT2D eigenvalue weighted by Gasteiger charge is -2.14. The number of rotatable bonds is 5. The number of aromatic carboxylic acids is 1. The van der Waals surface area contributed by atoms with Crippen LogP contribution in [0.25, 0.3) is 0 Å². The molecule has 0 fully saturated rings. The molecule has 1 amide bonds. The minimum atomic E-state index is -0.951. The fourth-order valence-corrected chi connectivity index (χ4v) is 1.98. The van der Waals surface area contributed by atoms with E-state index in [1.54, 1.807) is 31.2 Å². The van der Waals surface area contributed by atoms with Crippen LogP contribution < -0.4 is 16.9 Å². The van der Waals surface area contributed by atoms with Gasteiger partial charge in [-0.3, -0.25) is 9.63 Å². The normalized spacial score (nSPS) is 10.4. The fourth-order valence-electron chi connectivity index (χ4n) is 1.98. The van der Waals surface area contributed by atoms with Crippen molar-refractivity contribution in [1.29, 1.82) is 0 Å². The first-order valence-corrected chi connectivity index (χ1v) is 9.62. The molecule has 0 heterocycles. The fraction of sp³-hybridized carbons (Fsp3) is 0.250. The van der Waals surface area contributed by atoms with E-state index in [4.69, 9.17) is 16.6 Å². The van der Waals surface area contributed by atoms with Crippen molar-refractivity contribution in [3.05, 3.63) is 65.2 Å². The van der Waals surface area contributed by atoms with Crippen molar-refractivity contribution in [2.45, 2.75) is 26.8 Å². The number of carboxylic acids is 1. The Morgan fingerprint density at radius 3 is 1.90 bits per heavy atom. The third-order valence-corrected chi connectivity index (χ3v) is 3.86. The molecule has 0 aromatic heterocycles. The van der Waals surface area contributed by atoms with Gasteiger partial charge in [0.25, 0.3) is 5.91 Å². The lowest BCUT2D eigenvalue weighted by Crippen LogP contribution is -2.43. The number of hydroxylamine groups is 1. The summed E-state index contributed by atoms with van der Waals surface area (Å²) in [4.78, 5) is 26.4. The maximum absolute atomic E-state index is 11.0. The number of carbonyl (C=O) groups excluding carboxylic acids is 1. The van der Waals surface area contributed by atoms with Crippen molar-refractivity contribution in [3.8, 4) is 23.7 Å². The van der Waals surface area contributed by atoms with Crippen molar-refractivity contribution in [1.82, 2.24) is 5.48 Å². The molecule has 0 aliphatic carbocycles. The van der Waals surface area contributed by atoms with Crippen molar-refractivity contribution in [2.75, 3.05) is 12.3 Å². The number of hydrogen-bond donors (Lipinski definition) is 4. The maximum atomic E-state index is 11.0. The van der Waals surface area contributed by atoms with E-state index in [1.807, 2.05) is 26.0 Å². The first-order chi connectivity index (χ1) is 14.7. The summed E-state index contributed by atoms with van der Waals surface area (Å²) in [6.07, 6.45) is 0. The van der Waals surface area contributed by atoms with Crippen LogP contribution in [0.5, 0.6) is 0 Å². The van der Waals surface area contributed by atoms with Gasteiger partial charge in [0.1, 0.15) is 0 Å².